The Kier molecular flexibility index (Phi) is 10.5. The van der Waals surface area contributed by atoms with E-state index in [1.165, 1.54) is 7.11 Å². The number of alkyl carbamates (subject to hydrolysis) is 1. The molecule has 4 N–H and O–H groups in total. The van der Waals surface area contributed by atoms with Gasteiger partial charge in [-0.3, -0.25) is 14.5 Å². The number of unbranched alkanes of at least 4 members (excludes halogenated alkanes) is 2. The van der Waals surface area contributed by atoms with Crippen molar-refractivity contribution < 1.29 is 19.1 Å². The maximum atomic E-state index is 13.8. The van der Waals surface area contributed by atoms with Crippen molar-refractivity contribution in [2.24, 2.45) is 10.7 Å². The first-order chi connectivity index (χ1) is 20.5. The van der Waals surface area contributed by atoms with Crippen LogP contribution < -0.4 is 16.4 Å². The third-order valence-corrected chi connectivity index (χ3v) is 7.13. The maximum absolute atomic E-state index is 13.8. The van der Waals surface area contributed by atoms with Crippen LogP contribution in [0.2, 0.25) is 0 Å². The van der Waals surface area contributed by atoms with Gasteiger partial charge in [-0.25, -0.2) is 9.79 Å². The predicted octanol–water partition coefficient (Wildman–Crippen LogP) is 4.20. The highest BCUT2D eigenvalue weighted by Crippen LogP contribution is 2.39. The first kappa shape index (κ1) is 30.0. The zero-order valence-corrected chi connectivity index (χ0v) is 23.7. The van der Waals surface area contributed by atoms with Gasteiger partial charge in [0.25, 0.3) is 5.91 Å². The normalized spacial score (nSPS) is 14.8. The first-order valence-corrected chi connectivity index (χ1v) is 14.1. The Morgan fingerprint density at radius 1 is 0.929 bits per heavy atom. The zero-order valence-electron chi connectivity index (χ0n) is 23.7. The molecule has 218 valence electrons. The van der Waals surface area contributed by atoms with Crippen LogP contribution in [0.4, 0.5) is 4.79 Å². The molecule has 1 aliphatic heterocycles. The minimum absolute atomic E-state index is 0.175. The third-order valence-electron chi connectivity index (χ3n) is 7.13. The molecule has 1 atom stereocenters. The molecule has 3 aromatic rings. The summed E-state index contributed by atoms with van der Waals surface area (Å²) in [4.78, 5) is 44.7. The van der Waals surface area contributed by atoms with Crippen LogP contribution in [0.3, 0.4) is 0 Å². The average molecular weight is 568 g/mol. The summed E-state index contributed by atoms with van der Waals surface area (Å²) < 4.78 is 4.68. The lowest BCUT2D eigenvalue weighted by atomic mass is 9.83. The summed E-state index contributed by atoms with van der Waals surface area (Å²) in [5.41, 5.74) is 7.63. The summed E-state index contributed by atoms with van der Waals surface area (Å²) in [7, 11) is 1.26. The number of nitrogens with zero attached hydrogens (tertiary/aromatic N) is 2. The molecule has 0 radical (unpaired) electrons. The van der Waals surface area contributed by atoms with Gasteiger partial charge in [-0.05, 0) is 42.4 Å². The Balaban J connectivity index is 1.28. The van der Waals surface area contributed by atoms with E-state index in [-0.39, 0.29) is 17.8 Å². The van der Waals surface area contributed by atoms with Crippen LogP contribution in [0.25, 0.3) is 6.08 Å². The summed E-state index contributed by atoms with van der Waals surface area (Å²) in [5.74, 6) is -0.271. The third kappa shape index (κ3) is 7.23. The highest BCUT2D eigenvalue weighted by molar-refractivity contribution is 6.09. The molecule has 9 nitrogen and oxygen atoms in total. The lowest BCUT2D eigenvalue weighted by Crippen LogP contribution is -2.46. The van der Waals surface area contributed by atoms with Gasteiger partial charge in [-0.15, -0.1) is 0 Å². The average Bonchev–Trinajstić information content (AvgIpc) is 3.29. The monoisotopic (exact) mass is 567 g/mol. The highest BCUT2D eigenvalue weighted by atomic mass is 16.5. The number of nitrogens with one attached hydrogen (secondary N) is 2. The van der Waals surface area contributed by atoms with E-state index < -0.39 is 17.7 Å². The van der Waals surface area contributed by atoms with Crippen molar-refractivity contribution in [2.75, 3.05) is 20.2 Å². The maximum Gasteiger partial charge on any atom is 0.407 e. The number of methoxy groups -OCH3 is 1. The molecule has 1 aliphatic rings. The predicted molar refractivity (Wildman–Crippen MR) is 163 cm³/mol. The minimum Gasteiger partial charge on any atom is -0.453 e. The largest absolute Gasteiger partial charge is 0.453 e. The molecule has 42 heavy (non-hydrogen) atoms. The van der Waals surface area contributed by atoms with E-state index in [1.54, 1.807) is 4.90 Å². The molecule has 9 heteroatoms. The van der Waals surface area contributed by atoms with Crippen molar-refractivity contribution in [3.05, 3.63) is 114 Å². The minimum atomic E-state index is -1.21. The molecule has 3 amide bonds. The van der Waals surface area contributed by atoms with Gasteiger partial charge in [0.05, 0.1) is 7.11 Å². The van der Waals surface area contributed by atoms with Gasteiger partial charge < -0.3 is 21.1 Å². The lowest BCUT2D eigenvalue weighted by Gasteiger charge is -2.27. The van der Waals surface area contributed by atoms with Gasteiger partial charge in [-0.2, -0.15) is 0 Å². The SMILES string of the molecule is COC(=O)N[C@@H](C/C=C/c1ccccc1)C(=O)NCCCCCN1C(=O)C(c2ccccc2)(c2ccccc2)N=C1N. The number of carbonyl (C=O) groups excluding carboxylic acids is 3. The number of aliphatic imine (C=N–C) groups is 1. The van der Waals surface area contributed by atoms with Crippen LogP contribution in [0.15, 0.2) is 102 Å². The number of hydrogen-bond acceptors (Lipinski definition) is 6. The standard InChI is InChI=1S/C33H37N5O4/c1-42-32(41)36-28(22-14-17-25-15-6-2-7-16-25)29(39)35-23-12-5-13-24-38-30(40)33(37-31(38)34,26-18-8-3-9-19-26)27-20-10-4-11-21-27/h2-4,6-11,14-21,28H,5,12-13,22-24H2,1H3,(H2,34,37)(H,35,39)(H,36,41)/b17-14+/t28-/m0/s1. The van der Waals surface area contributed by atoms with Crippen LogP contribution in [-0.2, 0) is 19.9 Å². The van der Waals surface area contributed by atoms with Gasteiger partial charge in [-0.1, -0.05) is 103 Å². The number of benzene rings is 3. The number of rotatable bonds is 13. The van der Waals surface area contributed by atoms with Crippen molar-refractivity contribution in [1.82, 2.24) is 15.5 Å². The Labute approximate surface area is 246 Å². The molecule has 0 saturated carbocycles. The molecule has 0 unspecified atom stereocenters. The lowest BCUT2D eigenvalue weighted by molar-refractivity contribution is -0.130. The van der Waals surface area contributed by atoms with Crippen molar-refractivity contribution in [3.63, 3.8) is 0 Å². The van der Waals surface area contributed by atoms with Gasteiger partial charge in [0.1, 0.15) is 6.04 Å². The molecule has 0 fully saturated rings. The summed E-state index contributed by atoms with van der Waals surface area (Å²) in [6.45, 7) is 0.844. The Morgan fingerprint density at radius 2 is 1.52 bits per heavy atom. The fraction of sp³-hybridized carbons (Fsp3) is 0.273. The molecule has 0 saturated heterocycles. The van der Waals surface area contributed by atoms with Crippen molar-refractivity contribution in [3.8, 4) is 0 Å². The van der Waals surface area contributed by atoms with Crippen molar-refractivity contribution >= 4 is 29.9 Å². The van der Waals surface area contributed by atoms with Crippen LogP contribution in [0, 0.1) is 0 Å². The van der Waals surface area contributed by atoms with E-state index in [0.29, 0.717) is 32.4 Å². The van der Waals surface area contributed by atoms with E-state index in [9.17, 15) is 14.4 Å². The van der Waals surface area contributed by atoms with E-state index in [2.05, 4.69) is 15.4 Å². The van der Waals surface area contributed by atoms with E-state index >= 15 is 0 Å². The van der Waals surface area contributed by atoms with Gasteiger partial charge >= 0.3 is 6.09 Å². The quantitative estimate of drug-likeness (QED) is 0.267. The summed E-state index contributed by atoms with van der Waals surface area (Å²) in [5, 5.41) is 5.48. The Hall–Kier alpha value is -4.92. The van der Waals surface area contributed by atoms with Gasteiger partial charge in [0, 0.05) is 13.1 Å². The number of guanidine groups is 1. The fourth-order valence-electron chi connectivity index (χ4n) is 4.94. The molecule has 3 aromatic carbocycles. The molecular weight excluding hydrogens is 530 g/mol. The van der Waals surface area contributed by atoms with Crippen molar-refractivity contribution in [2.45, 2.75) is 37.3 Å². The smallest absolute Gasteiger partial charge is 0.407 e. The molecule has 0 spiro atoms. The summed E-state index contributed by atoms with van der Waals surface area (Å²) in [6.07, 6.45) is 5.52. The van der Waals surface area contributed by atoms with Gasteiger partial charge in [0.2, 0.25) is 5.91 Å². The Bertz CT molecular complexity index is 1350. The second-order valence-corrected chi connectivity index (χ2v) is 9.96. The van der Waals surface area contributed by atoms with Crippen LogP contribution in [0.5, 0.6) is 0 Å². The molecule has 0 bridgehead atoms. The number of amides is 3. The zero-order chi connectivity index (χ0) is 29.8. The Morgan fingerprint density at radius 3 is 2.12 bits per heavy atom. The fourth-order valence-corrected chi connectivity index (χ4v) is 4.94. The molecule has 0 aromatic heterocycles. The highest BCUT2D eigenvalue weighted by Gasteiger charge is 2.50. The van der Waals surface area contributed by atoms with Crippen LogP contribution in [-0.4, -0.2) is 55.0 Å². The summed E-state index contributed by atoms with van der Waals surface area (Å²) >= 11 is 0. The van der Waals surface area contributed by atoms with E-state index in [4.69, 9.17) is 10.7 Å². The van der Waals surface area contributed by atoms with Crippen LogP contribution in [0.1, 0.15) is 42.4 Å². The van der Waals surface area contributed by atoms with E-state index in [1.807, 2.05) is 103 Å². The first-order valence-electron chi connectivity index (χ1n) is 14.1. The number of carbonyl (C=O) groups is 3. The number of hydrogen-bond donors (Lipinski definition) is 3. The van der Waals surface area contributed by atoms with E-state index in [0.717, 1.165) is 23.1 Å². The molecular formula is C33H37N5O4. The number of ether oxygens (including phenoxy) is 1. The van der Waals surface area contributed by atoms with Crippen LogP contribution >= 0.6 is 0 Å². The second-order valence-electron chi connectivity index (χ2n) is 9.96. The second kappa shape index (κ2) is 14.6. The summed E-state index contributed by atoms with van der Waals surface area (Å²) in [6, 6.07) is 27.9. The van der Waals surface area contributed by atoms with Crippen molar-refractivity contribution in [1.29, 1.82) is 0 Å². The topological polar surface area (TPSA) is 126 Å². The molecule has 0 aliphatic carbocycles. The number of nitrogens with two attached hydrogens (primary N) is 1. The van der Waals surface area contributed by atoms with Gasteiger partial charge in [0.15, 0.2) is 11.5 Å². The molecule has 4 rings (SSSR count). The molecule has 1 heterocycles.